The van der Waals surface area contributed by atoms with Crippen LogP contribution in [0.5, 0.6) is 0 Å². The zero-order valence-corrected chi connectivity index (χ0v) is 10.9. The predicted molar refractivity (Wildman–Crippen MR) is 73.0 cm³/mol. The molecule has 0 bridgehead atoms. The molecule has 1 saturated carbocycles. The van der Waals surface area contributed by atoms with Gasteiger partial charge in [-0.25, -0.2) is 0 Å². The van der Waals surface area contributed by atoms with E-state index in [9.17, 15) is 0 Å². The molecule has 0 spiro atoms. The smallest absolute Gasteiger partial charge is 0.0446 e. The molecule has 0 saturated heterocycles. The lowest BCUT2D eigenvalue weighted by Gasteiger charge is -2.25. The van der Waals surface area contributed by atoms with E-state index in [4.69, 9.17) is 17.3 Å². The van der Waals surface area contributed by atoms with Gasteiger partial charge in [-0.2, -0.15) is 11.8 Å². The third kappa shape index (κ3) is 3.41. The molecule has 2 rings (SSSR count). The monoisotopic (exact) mass is 255 g/mol. The van der Waals surface area contributed by atoms with Gasteiger partial charge in [-0.3, -0.25) is 0 Å². The van der Waals surface area contributed by atoms with Gasteiger partial charge in [0, 0.05) is 22.1 Å². The topological polar surface area (TPSA) is 26.0 Å². The maximum absolute atomic E-state index is 6.13. The predicted octanol–water partition coefficient (Wildman–Crippen LogP) is 3.84. The molecule has 0 heterocycles. The van der Waals surface area contributed by atoms with E-state index in [1.54, 1.807) is 0 Å². The Kier molecular flexibility index (Phi) is 4.56. The second-order valence-corrected chi connectivity index (χ2v) is 6.14. The highest BCUT2D eigenvalue weighted by Gasteiger charge is 2.18. The SMILES string of the molecule is NC1CCC(SCc2ccccc2Cl)CC1. The largest absolute Gasteiger partial charge is 0.328 e. The Bertz CT molecular complexity index is 334. The van der Waals surface area contributed by atoms with Crippen molar-refractivity contribution >= 4 is 23.4 Å². The first kappa shape index (κ1) is 12.3. The van der Waals surface area contributed by atoms with Gasteiger partial charge in [0.15, 0.2) is 0 Å². The van der Waals surface area contributed by atoms with Gasteiger partial charge in [-0.15, -0.1) is 0 Å². The van der Waals surface area contributed by atoms with E-state index >= 15 is 0 Å². The van der Waals surface area contributed by atoms with Gasteiger partial charge in [-0.05, 0) is 37.3 Å². The highest BCUT2D eigenvalue weighted by molar-refractivity contribution is 7.99. The fraction of sp³-hybridized carbons (Fsp3) is 0.538. The van der Waals surface area contributed by atoms with Gasteiger partial charge in [0.1, 0.15) is 0 Å². The fourth-order valence-electron chi connectivity index (χ4n) is 2.08. The van der Waals surface area contributed by atoms with Crippen LogP contribution < -0.4 is 5.73 Å². The van der Waals surface area contributed by atoms with Crippen molar-refractivity contribution in [1.82, 2.24) is 0 Å². The molecule has 1 aliphatic rings. The quantitative estimate of drug-likeness (QED) is 0.888. The first-order valence-electron chi connectivity index (χ1n) is 5.86. The molecular weight excluding hydrogens is 238 g/mol. The minimum absolute atomic E-state index is 0.442. The van der Waals surface area contributed by atoms with Crippen LogP contribution in [0.15, 0.2) is 24.3 Å². The first-order valence-corrected chi connectivity index (χ1v) is 7.29. The molecule has 0 atom stereocenters. The summed E-state index contributed by atoms with van der Waals surface area (Å²) in [5.74, 6) is 1.03. The fourth-order valence-corrected chi connectivity index (χ4v) is 3.63. The van der Waals surface area contributed by atoms with Crippen molar-refractivity contribution in [3.8, 4) is 0 Å². The van der Waals surface area contributed by atoms with Crippen molar-refractivity contribution in [2.75, 3.05) is 0 Å². The van der Waals surface area contributed by atoms with Crippen molar-refractivity contribution in [1.29, 1.82) is 0 Å². The molecule has 1 aliphatic carbocycles. The van der Waals surface area contributed by atoms with Crippen molar-refractivity contribution in [2.24, 2.45) is 5.73 Å². The molecule has 1 aromatic rings. The molecule has 0 aromatic heterocycles. The number of thioether (sulfide) groups is 1. The zero-order chi connectivity index (χ0) is 11.4. The van der Waals surface area contributed by atoms with E-state index in [-0.39, 0.29) is 0 Å². The van der Waals surface area contributed by atoms with E-state index in [0.29, 0.717) is 6.04 Å². The van der Waals surface area contributed by atoms with Gasteiger partial charge in [0.2, 0.25) is 0 Å². The van der Waals surface area contributed by atoms with Crippen molar-refractivity contribution < 1.29 is 0 Å². The molecule has 88 valence electrons. The van der Waals surface area contributed by atoms with Crippen LogP contribution in [-0.2, 0) is 5.75 Å². The molecule has 0 aliphatic heterocycles. The molecular formula is C13H18ClNS. The molecule has 16 heavy (non-hydrogen) atoms. The average Bonchev–Trinajstić information content (AvgIpc) is 2.30. The third-order valence-corrected chi connectivity index (χ3v) is 4.94. The van der Waals surface area contributed by atoms with Crippen LogP contribution in [0.4, 0.5) is 0 Å². The third-order valence-electron chi connectivity index (χ3n) is 3.15. The van der Waals surface area contributed by atoms with Gasteiger partial charge in [0.25, 0.3) is 0 Å². The van der Waals surface area contributed by atoms with Gasteiger partial charge < -0.3 is 5.73 Å². The first-order chi connectivity index (χ1) is 7.75. The number of rotatable bonds is 3. The van der Waals surface area contributed by atoms with Crippen molar-refractivity contribution in [3.05, 3.63) is 34.9 Å². The summed E-state index contributed by atoms with van der Waals surface area (Å²) in [5.41, 5.74) is 7.15. The van der Waals surface area contributed by atoms with Crippen LogP contribution in [0.2, 0.25) is 5.02 Å². The Balaban J connectivity index is 1.81. The minimum atomic E-state index is 0.442. The lowest BCUT2D eigenvalue weighted by Crippen LogP contribution is -2.27. The van der Waals surface area contributed by atoms with E-state index < -0.39 is 0 Å². The summed E-state index contributed by atoms with van der Waals surface area (Å²) < 4.78 is 0. The van der Waals surface area contributed by atoms with Gasteiger partial charge in [0.05, 0.1) is 0 Å². The Labute approximate surface area is 107 Å². The van der Waals surface area contributed by atoms with Crippen LogP contribution in [0.1, 0.15) is 31.2 Å². The summed E-state index contributed by atoms with van der Waals surface area (Å²) in [6.45, 7) is 0. The van der Waals surface area contributed by atoms with Gasteiger partial charge in [-0.1, -0.05) is 29.8 Å². The normalized spacial score (nSPS) is 25.6. The molecule has 2 N–H and O–H groups in total. The van der Waals surface area contributed by atoms with Crippen LogP contribution in [0.3, 0.4) is 0 Å². The van der Waals surface area contributed by atoms with Crippen LogP contribution >= 0.6 is 23.4 Å². The van der Waals surface area contributed by atoms with E-state index in [1.165, 1.54) is 31.2 Å². The lowest BCUT2D eigenvalue weighted by molar-refractivity contribution is 0.450. The number of benzene rings is 1. The van der Waals surface area contributed by atoms with E-state index in [1.807, 2.05) is 23.9 Å². The minimum Gasteiger partial charge on any atom is -0.328 e. The number of nitrogens with two attached hydrogens (primary N) is 1. The molecule has 3 heteroatoms. The van der Waals surface area contributed by atoms with Crippen molar-refractivity contribution in [3.63, 3.8) is 0 Å². The summed E-state index contributed by atoms with van der Waals surface area (Å²) in [6, 6.07) is 8.56. The summed E-state index contributed by atoms with van der Waals surface area (Å²) in [5, 5.41) is 1.67. The molecule has 1 nitrogen and oxygen atoms in total. The number of hydrogen-bond donors (Lipinski definition) is 1. The van der Waals surface area contributed by atoms with E-state index in [0.717, 1.165) is 16.0 Å². The maximum Gasteiger partial charge on any atom is 0.0446 e. The Morgan fingerprint density at radius 1 is 1.19 bits per heavy atom. The summed E-state index contributed by atoms with van der Waals surface area (Å²) in [7, 11) is 0. The molecule has 1 fully saturated rings. The van der Waals surface area contributed by atoms with Crippen LogP contribution in [0, 0.1) is 0 Å². The van der Waals surface area contributed by atoms with Gasteiger partial charge >= 0.3 is 0 Å². The van der Waals surface area contributed by atoms with Crippen LogP contribution in [0.25, 0.3) is 0 Å². The lowest BCUT2D eigenvalue weighted by atomic mass is 9.96. The molecule has 1 aromatic carbocycles. The second kappa shape index (κ2) is 5.95. The molecule has 0 amide bonds. The van der Waals surface area contributed by atoms with Crippen molar-refractivity contribution in [2.45, 2.75) is 42.7 Å². The summed E-state index contributed by atoms with van der Waals surface area (Å²) >= 11 is 8.16. The number of halogens is 1. The second-order valence-electron chi connectivity index (χ2n) is 4.44. The summed E-state index contributed by atoms with van der Waals surface area (Å²) in [4.78, 5) is 0. The number of hydrogen-bond acceptors (Lipinski definition) is 2. The Hall–Kier alpha value is -0.180. The highest BCUT2D eigenvalue weighted by Crippen LogP contribution is 2.31. The van der Waals surface area contributed by atoms with Crippen LogP contribution in [-0.4, -0.2) is 11.3 Å². The molecule has 0 unspecified atom stereocenters. The highest BCUT2D eigenvalue weighted by atomic mass is 35.5. The average molecular weight is 256 g/mol. The Morgan fingerprint density at radius 3 is 2.56 bits per heavy atom. The standard InChI is InChI=1S/C13H18ClNS/c14-13-4-2-1-3-10(13)9-16-12-7-5-11(15)6-8-12/h1-4,11-12H,5-9,15H2. The maximum atomic E-state index is 6.13. The Morgan fingerprint density at radius 2 is 1.88 bits per heavy atom. The molecule has 0 radical (unpaired) electrons. The van der Waals surface area contributed by atoms with E-state index in [2.05, 4.69) is 12.1 Å². The zero-order valence-electron chi connectivity index (χ0n) is 9.36. The summed E-state index contributed by atoms with van der Waals surface area (Å²) in [6.07, 6.45) is 4.88.